The van der Waals surface area contributed by atoms with Crippen LogP contribution in [0.3, 0.4) is 0 Å². The fourth-order valence-corrected chi connectivity index (χ4v) is 2.53. The first-order valence-electron chi connectivity index (χ1n) is 5.15. The van der Waals surface area contributed by atoms with E-state index >= 15 is 0 Å². The van der Waals surface area contributed by atoms with Crippen LogP contribution < -0.4 is 4.72 Å². The second kappa shape index (κ2) is 5.32. The number of sulfonamides is 1. The van der Waals surface area contributed by atoms with Crippen LogP contribution in [0.15, 0.2) is 35.5 Å². The molecule has 2 rings (SSSR count). The van der Waals surface area contributed by atoms with E-state index < -0.39 is 10.0 Å². The maximum Gasteiger partial charge on any atom is 0.264 e. The molecule has 19 heavy (non-hydrogen) atoms. The molecule has 0 amide bonds. The third-order valence-corrected chi connectivity index (χ3v) is 4.27. The molecule has 0 saturated heterocycles. The van der Waals surface area contributed by atoms with Gasteiger partial charge < -0.3 is 0 Å². The molecule has 0 bridgehead atoms. The molecule has 5 nitrogen and oxygen atoms in total. The predicted octanol–water partition coefficient (Wildman–Crippen LogP) is 2.89. The van der Waals surface area contributed by atoms with Crippen LogP contribution in [-0.2, 0) is 10.0 Å². The minimum Gasteiger partial charge on any atom is -0.279 e. The maximum absolute atomic E-state index is 12.0. The molecule has 0 saturated carbocycles. The molecule has 0 unspecified atom stereocenters. The summed E-state index contributed by atoms with van der Waals surface area (Å²) in [5, 5.41) is 0.463. The Labute approximate surface area is 120 Å². The van der Waals surface area contributed by atoms with E-state index in [9.17, 15) is 8.42 Å². The number of nitrogens with one attached hydrogen (secondary N) is 1. The summed E-state index contributed by atoms with van der Waals surface area (Å²) >= 11 is 11.4. The zero-order valence-electron chi connectivity index (χ0n) is 9.76. The van der Waals surface area contributed by atoms with Crippen LogP contribution in [0, 0.1) is 6.92 Å². The Morgan fingerprint density at radius 2 is 1.79 bits per heavy atom. The van der Waals surface area contributed by atoms with E-state index in [2.05, 4.69) is 14.7 Å². The molecule has 1 heterocycles. The first-order valence-corrected chi connectivity index (χ1v) is 7.39. The van der Waals surface area contributed by atoms with Crippen LogP contribution >= 0.6 is 23.2 Å². The van der Waals surface area contributed by atoms with Crippen molar-refractivity contribution in [2.75, 3.05) is 4.72 Å². The van der Waals surface area contributed by atoms with Gasteiger partial charge in [0.05, 0.1) is 18.1 Å². The molecule has 2 aromatic rings. The smallest absolute Gasteiger partial charge is 0.264 e. The lowest BCUT2D eigenvalue weighted by atomic mass is 10.2. The van der Waals surface area contributed by atoms with Crippen LogP contribution in [0.25, 0.3) is 0 Å². The van der Waals surface area contributed by atoms with Crippen molar-refractivity contribution in [2.45, 2.75) is 11.8 Å². The minimum absolute atomic E-state index is 0.0164. The zero-order valence-corrected chi connectivity index (χ0v) is 12.1. The van der Waals surface area contributed by atoms with Gasteiger partial charge in [0.1, 0.15) is 4.90 Å². The van der Waals surface area contributed by atoms with Gasteiger partial charge in [-0.15, -0.1) is 0 Å². The molecule has 0 spiro atoms. The van der Waals surface area contributed by atoms with Gasteiger partial charge in [-0.25, -0.2) is 18.4 Å². The van der Waals surface area contributed by atoms with Crippen molar-refractivity contribution in [1.29, 1.82) is 0 Å². The van der Waals surface area contributed by atoms with E-state index in [1.807, 2.05) is 6.92 Å². The van der Waals surface area contributed by atoms with Crippen LogP contribution in [0.1, 0.15) is 5.56 Å². The van der Waals surface area contributed by atoms with E-state index in [1.165, 1.54) is 6.07 Å². The highest BCUT2D eigenvalue weighted by Gasteiger charge is 2.15. The first kappa shape index (κ1) is 14.0. The Kier molecular flexibility index (Phi) is 3.93. The second-order valence-corrected chi connectivity index (χ2v) is 6.18. The molecule has 1 aromatic carbocycles. The number of hydrogen-bond acceptors (Lipinski definition) is 4. The van der Waals surface area contributed by atoms with Gasteiger partial charge in [-0.1, -0.05) is 17.7 Å². The second-order valence-electron chi connectivity index (χ2n) is 3.76. The van der Waals surface area contributed by atoms with Crippen molar-refractivity contribution >= 4 is 38.9 Å². The van der Waals surface area contributed by atoms with Crippen LogP contribution in [0.4, 0.5) is 5.69 Å². The molecule has 1 N–H and O–H groups in total. The van der Waals surface area contributed by atoms with Gasteiger partial charge in [-0.3, -0.25) is 4.72 Å². The molecular weight excluding hydrogens is 309 g/mol. The number of anilines is 1. The van der Waals surface area contributed by atoms with Gasteiger partial charge in [-0.05, 0) is 36.2 Å². The summed E-state index contributed by atoms with van der Waals surface area (Å²) < 4.78 is 26.5. The molecule has 0 radical (unpaired) electrons. The number of aryl methyl sites for hydroxylation is 1. The largest absolute Gasteiger partial charge is 0.279 e. The van der Waals surface area contributed by atoms with E-state index in [0.29, 0.717) is 10.7 Å². The topological polar surface area (TPSA) is 72.0 Å². The van der Waals surface area contributed by atoms with Crippen molar-refractivity contribution in [3.63, 3.8) is 0 Å². The van der Waals surface area contributed by atoms with Crippen molar-refractivity contribution in [3.05, 3.63) is 46.5 Å². The lowest BCUT2D eigenvalue weighted by molar-refractivity contribution is 0.600. The average molecular weight is 318 g/mol. The molecule has 0 aliphatic rings. The van der Waals surface area contributed by atoms with Crippen molar-refractivity contribution in [1.82, 2.24) is 9.97 Å². The number of halogens is 2. The van der Waals surface area contributed by atoms with E-state index in [1.54, 1.807) is 12.1 Å². The molecular formula is C11H9Cl2N3O2S. The first-order chi connectivity index (χ1) is 8.88. The SMILES string of the molecule is Cc1ccc(NS(=O)(=O)c2cnc(Cl)nc2)cc1Cl. The van der Waals surface area contributed by atoms with Crippen LogP contribution in [0.5, 0.6) is 0 Å². The number of nitrogens with zero attached hydrogens (tertiary/aromatic N) is 2. The Morgan fingerprint density at radius 3 is 2.37 bits per heavy atom. The average Bonchev–Trinajstić information content (AvgIpc) is 2.34. The molecule has 8 heteroatoms. The summed E-state index contributed by atoms with van der Waals surface area (Å²) in [4.78, 5) is 7.18. The Balaban J connectivity index is 2.30. The van der Waals surface area contributed by atoms with Gasteiger partial charge in [-0.2, -0.15) is 0 Å². The quantitative estimate of drug-likeness (QED) is 0.883. The summed E-state index contributed by atoms with van der Waals surface area (Å²) in [6, 6.07) is 4.87. The Hall–Kier alpha value is -1.37. The molecule has 0 aliphatic heterocycles. The summed E-state index contributed by atoms with van der Waals surface area (Å²) in [6.07, 6.45) is 2.26. The normalized spacial score (nSPS) is 11.3. The third-order valence-electron chi connectivity index (χ3n) is 2.33. The highest BCUT2D eigenvalue weighted by Crippen LogP contribution is 2.22. The van der Waals surface area contributed by atoms with Gasteiger partial charge in [0.25, 0.3) is 10.0 Å². The summed E-state index contributed by atoms with van der Waals surface area (Å²) in [5.41, 5.74) is 1.23. The summed E-state index contributed by atoms with van der Waals surface area (Å²) in [7, 11) is -3.75. The highest BCUT2D eigenvalue weighted by atomic mass is 35.5. The van der Waals surface area contributed by atoms with Crippen molar-refractivity contribution < 1.29 is 8.42 Å². The molecule has 1 aromatic heterocycles. The number of rotatable bonds is 3. The van der Waals surface area contributed by atoms with E-state index in [0.717, 1.165) is 18.0 Å². The van der Waals surface area contributed by atoms with Gasteiger partial charge in [0.15, 0.2) is 0 Å². The Bertz CT molecular complexity index is 702. The molecule has 0 aliphatic carbocycles. The fourth-order valence-electron chi connectivity index (χ4n) is 1.31. The molecule has 0 fully saturated rings. The minimum atomic E-state index is -3.75. The lowest BCUT2D eigenvalue weighted by Gasteiger charge is -2.08. The molecule has 100 valence electrons. The maximum atomic E-state index is 12.0. The predicted molar refractivity (Wildman–Crippen MR) is 74.0 cm³/mol. The molecule has 0 atom stereocenters. The van der Waals surface area contributed by atoms with Gasteiger partial charge >= 0.3 is 0 Å². The standard InChI is InChI=1S/C11H9Cl2N3O2S/c1-7-2-3-8(4-10(7)12)16-19(17,18)9-5-14-11(13)15-6-9/h2-6,16H,1H3. The number of benzene rings is 1. The van der Waals surface area contributed by atoms with E-state index in [-0.39, 0.29) is 10.2 Å². The zero-order chi connectivity index (χ0) is 14.0. The summed E-state index contributed by atoms with van der Waals surface area (Å²) in [5.74, 6) is 0. The summed E-state index contributed by atoms with van der Waals surface area (Å²) in [6.45, 7) is 1.83. The number of aromatic nitrogens is 2. The van der Waals surface area contributed by atoms with E-state index in [4.69, 9.17) is 23.2 Å². The monoisotopic (exact) mass is 317 g/mol. The Morgan fingerprint density at radius 1 is 1.16 bits per heavy atom. The van der Waals surface area contributed by atoms with Gasteiger partial charge in [0.2, 0.25) is 5.28 Å². The lowest BCUT2D eigenvalue weighted by Crippen LogP contribution is -2.13. The van der Waals surface area contributed by atoms with Crippen molar-refractivity contribution in [3.8, 4) is 0 Å². The van der Waals surface area contributed by atoms with Crippen LogP contribution in [-0.4, -0.2) is 18.4 Å². The van der Waals surface area contributed by atoms with Gasteiger partial charge in [0, 0.05) is 5.02 Å². The van der Waals surface area contributed by atoms with Crippen LogP contribution in [0.2, 0.25) is 10.3 Å². The fraction of sp³-hybridized carbons (Fsp3) is 0.0909. The number of hydrogen-bond donors (Lipinski definition) is 1. The highest BCUT2D eigenvalue weighted by molar-refractivity contribution is 7.92. The van der Waals surface area contributed by atoms with Crippen molar-refractivity contribution in [2.24, 2.45) is 0 Å². The third kappa shape index (κ3) is 3.34.